The lowest BCUT2D eigenvalue weighted by Gasteiger charge is -2.16. The monoisotopic (exact) mass is 372 g/mol. The highest BCUT2D eigenvalue weighted by molar-refractivity contribution is 9.10. The molecular formula is C18H17BrN2O2. The van der Waals surface area contributed by atoms with Gasteiger partial charge in [0.1, 0.15) is 0 Å². The Morgan fingerprint density at radius 1 is 1.00 bits per heavy atom. The maximum absolute atomic E-state index is 12.7. The molecule has 23 heavy (non-hydrogen) atoms. The molecule has 1 saturated carbocycles. The average molecular weight is 373 g/mol. The van der Waals surface area contributed by atoms with Crippen LogP contribution in [0.25, 0.3) is 0 Å². The predicted octanol–water partition coefficient (Wildman–Crippen LogP) is 3.48. The maximum atomic E-state index is 12.7. The standard InChI is InChI=1S/C18H17BrN2O2/c1-20-16(22)12-2-8-15(9-3-12)21-17(23)18(10-11-18)13-4-6-14(19)7-5-13/h2-9H,10-11H2,1H3,(H,20,22)(H,21,23). The van der Waals surface area contributed by atoms with Crippen molar-refractivity contribution in [3.8, 4) is 0 Å². The number of hydrogen-bond donors (Lipinski definition) is 2. The fourth-order valence-corrected chi connectivity index (χ4v) is 2.91. The Labute approximate surface area is 143 Å². The third-order valence-electron chi connectivity index (χ3n) is 4.21. The van der Waals surface area contributed by atoms with Crippen LogP contribution < -0.4 is 10.6 Å². The van der Waals surface area contributed by atoms with Crippen molar-refractivity contribution in [3.63, 3.8) is 0 Å². The number of rotatable bonds is 4. The summed E-state index contributed by atoms with van der Waals surface area (Å²) in [6.45, 7) is 0. The van der Waals surface area contributed by atoms with E-state index in [-0.39, 0.29) is 11.8 Å². The second-order valence-corrected chi connectivity index (χ2v) is 6.62. The summed E-state index contributed by atoms with van der Waals surface area (Å²) in [4.78, 5) is 24.2. The lowest BCUT2D eigenvalue weighted by Crippen LogP contribution is -2.27. The van der Waals surface area contributed by atoms with E-state index in [2.05, 4.69) is 26.6 Å². The van der Waals surface area contributed by atoms with Crippen molar-refractivity contribution in [2.45, 2.75) is 18.3 Å². The Balaban J connectivity index is 1.74. The van der Waals surface area contributed by atoms with Crippen LogP contribution in [0.1, 0.15) is 28.8 Å². The van der Waals surface area contributed by atoms with E-state index in [0.717, 1.165) is 22.9 Å². The smallest absolute Gasteiger partial charge is 0.251 e. The van der Waals surface area contributed by atoms with Crippen LogP contribution in [0.5, 0.6) is 0 Å². The van der Waals surface area contributed by atoms with Gasteiger partial charge in [-0.2, -0.15) is 0 Å². The van der Waals surface area contributed by atoms with Gasteiger partial charge in [0.15, 0.2) is 0 Å². The molecule has 0 unspecified atom stereocenters. The van der Waals surface area contributed by atoms with Gasteiger partial charge >= 0.3 is 0 Å². The van der Waals surface area contributed by atoms with Gasteiger partial charge in [-0.1, -0.05) is 28.1 Å². The summed E-state index contributed by atoms with van der Waals surface area (Å²) < 4.78 is 1.00. The van der Waals surface area contributed by atoms with Crippen LogP contribution in [0.2, 0.25) is 0 Å². The van der Waals surface area contributed by atoms with Crippen molar-refractivity contribution in [2.75, 3.05) is 12.4 Å². The zero-order valence-corrected chi connectivity index (χ0v) is 14.3. The first-order valence-corrected chi connectivity index (χ1v) is 8.24. The van der Waals surface area contributed by atoms with Crippen molar-refractivity contribution in [2.24, 2.45) is 0 Å². The number of anilines is 1. The first-order valence-electron chi connectivity index (χ1n) is 7.45. The van der Waals surface area contributed by atoms with Crippen molar-refractivity contribution in [1.82, 2.24) is 5.32 Å². The van der Waals surface area contributed by atoms with E-state index >= 15 is 0 Å². The first-order chi connectivity index (χ1) is 11.0. The molecule has 2 aromatic carbocycles. The van der Waals surface area contributed by atoms with Crippen LogP contribution in [0.15, 0.2) is 53.0 Å². The third-order valence-corrected chi connectivity index (χ3v) is 4.74. The van der Waals surface area contributed by atoms with Crippen LogP contribution in [-0.2, 0) is 10.2 Å². The Morgan fingerprint density at radius 2 is 1.61 bits per heavy atom. The number of hydrogen-bond acceptors (Lipinski definition) is 2. The molecule has 0 heterocycles. The molecule has 118 valence electrons. The summed E-state index contributed by atoms with van der Waals surface area (Å²) in [5.41, 5.74) is 1.89. The number of carbonyl (C=O) groups is 2. The Kier molecular flexibility index (Phi) is 4.22. The molecule has 0 aromatic heterocycles. The molecule has 0 saturated heterocycles. The fourth-order valence-electron chi connectivity index (χ4n) is 2.64. The fraction of sp³-hybridized carbons (Fsp3) is 0.222. The quantitative estimate of drug-likeness (QED) is 0.862. The van der Waals surface area contributed by atoms with Crippen LogP contribution in [0.4, 0.5) is 5.69 Å². The van der Waals surface area contributed by atoms with Crippen LogP contribution >= 0.6 is 15.9 Å². The van der Waals surface area contributed by atoms with Gasteiger partial charge in [-0.25, -0.2) is 0 Å². The molecule has 1 fully saturated rings. The van der Waals surface area contributed by atoms with Gasteiger partial charge in [-0.05, 0) is 54.8 Å². The topological polar surface area (TPSA) is 58.2 Å². The highest BCUT2D eigenvalue weighted by Gasteiger charge is 2.51. The minimum absolute atomic E-state index is 0.00696. The molecule has 0 atom stereocenters. The molecule has 2 aromatic rings. The summed E-state index contributed by atoms with van der Waals surface area (Å²) in [5, 5.41) is 5.53. The molecule has 0 aliphatic heterocycles. The summed E-state index contributed by atoms with van der Waals surface area (Å²) >= 11 is 3.41. The molecule has 0 spiro atoms. The van der Waals surface area contributed by atoms with Gasteiger partial charge in [-0.3, -0.25) is 9.59 Å². The van der Waals surface area contributed by atoms with E-state index in [1.54, 1.807) is 31.3 Å². The minimum atomic E-state index is -0.417. The van der Waals surface area contributed by atoms with Gasteiger partial charge in [0.2, 0.25) is 5.91 Å². The lowest BCUT2D eigenvalue weighted by atomic mass is 9.95. The first kappa shape index (κ1) is 15.7. The lowest BCUT2D eigenvalue weighted by molar-refractivity contribution is -0.118. The SMILES string of the molecule is CNC(=O)c1ccc(NC(=O)C2(c3ccc(Br)cc3)CC2)cc1. The minimum Gasteiger partial charge on any atom is -0.355 e. The Morgan fingerprint density at radius 3 is 2.13 bits per heavy atom. The number of halogens is 1. The van der Waals surface area contributed by atoms with E-state index in [1.807, 2.05) is 24.3 Å². The van der Waals surface area contributed by atoms with E-state index in [0.29, 0.717) is 11.3 Å². The number of nitrogens with one attached hydrogen (secondary N) is 2. The van der Waals surface area contributed by atoms with Gasteiger partial charge in [0.05, 0.1) is 5.41 Å². The molecule has 5 heteroatoms. The van der Waals surface area contributed by atoms with Crippen LogP contribution in [-0.4, -0.2) is 18.9 Å². The molecule has 0 radical (unpaired) electrons. The van der Waals surface area contributed by atoms with E-state index in [4.69, 9.17) is 0 Å². The molecule has 1 aliphatic carbocycles. The molecule has 1 aliphatic rings. The molecule has 2 N–H and O–H groups in total. The summed E-state index contributed by atoms with van der Waals surface area (Å²) in [6, 6.07) is 14.8. The maximum Gasteiger partial charge on any atom is 0.251 e. The number of benzene rings is 2. The largest absolute Gasteiger partial charge is 0.355 e. The molecule has 4 nitrogen and oxygen atoms in total. The highest BCUT2D eigenvalue weighted by Crippen LogP contribution is 2.49. The van der Waals surface area contributed by atoms with E-state index in [1.165, 1.54) is 0 Å². The van der Waals surface area contributed by atoms with Crippen molar-refractivity contribution < 1.29 is 9.59 Å². The zero-order valence-electron chi connectivity index (χ0n) is 12.7. The average Bonchev–Trinajstić information content (AvgIpc) is 3.37. The third kappa shape index (κ3) is 3.15. The summed E-state index contributed by atoms with van der Waals surface area (Å²) in [5.74, 6) is -0.135. The van der Waals surface area contributed by atoms with Gasteiger partial charge < -0.3 is 10.6 Å². The Hall–Kier alpha value is -2.14. The van der Waals surface area contributed by atoms with Crippen LogP contribution in [0, 0.1) is 0 Å². The molecule has 0 bridgehead atoms. The number of carbonyl (C=O) groups excluding carboxylic acids is 2. The van der Waals surface area contributed by atoms with Crippen molar-refractivity contribution in [3.05, 3.63) is 64.1 Å². The van der Waals surface area contributed by atoms with E-state index in [9.17, 15) is 9.59 Å². The zero-order chi connectivity index (χ0) is 16.4. The predicted molar refractivity (Wildman–Crippen MR) is 93.5 cm³/mol. The van der Waals surface area contributed by atoms with Crippen LogP contribution in [0.3, 0.4) is 0 Å². The van der Waals surface area contributed by atoms with Gasteiger partial charge in [0, 0.05) is 22.8 Å². The Bertz CT molecular complexity index is 735. The summed E-state index contributed by atoms with van der Waals surface area (Å²) in [7, 11) is 1.59. The molecule has 2 amide bonds. The normalized spacial score (nSPS) is 14.9. The highest BCUT2D eigenvalue weighted by atomic mass is 79.9. The second kappa shape index (κ2) is 6.16. The van der Waals surface area contributed by atoms with E-state index < -0.39 is 5.41 Å². The van der Waals surface area contributed by atoms with Crippen molar-refractivity contribution in [1.29, 1.82) is 0 Å². The van der Waals surface area contributed by atoms with Gasteiger partial charge in [0.25, 0.3) is 5.91 Å². The molecule has 3 rings (SSSR count). The number of amides is 2. The summed E-state index contributed by atoms with van der Waals surface area (Å²) in [6.07, 6.45) is 1.72. The van der Waals surface area contributed by atoms with Gasteiger partial charge in [-0.15, -0.1) is 0 Å². The van der Waals surface area contributed by atoms with Crippen molar-refractivity contribution >= 4 is 33.4 Å². The molecular weight excluding hydrogens is 356 g/mol. The second-order valence-electron chi connectivity index (χ2n) is 5.70.